The molecule has 0 atom stereocenters. The Hall–Kier alpha value is -1.46. The molecule has 27 heavy (non-hydrogen) atoms. The summed E-state index contributed by atoms with van der Waals surface area (Å²) in [6.07, 6.45) is 4.79. The summed E-state index contributed by atoms with van der Waals surface area (Å²) in [4.78, 5) is 12.2. The van der Waals surface area contributed by atoms with Gasteiger partial charge in [-0.2, -0.15) is 0 Å². The molecule has 1 aliphatic carbocycles. The molecule has 0 heterocycles. The maximum absolute atomic E-state index is 12.2. The van der Waals surface area contributed by atoms with Crippen LogP contribution in [0.25, 0.3) is 0 Å². The largest absolute Gasteiger partial charge is 0.424 e. The van der Waals surface area contributed by atoms with Gasteiger partial charge in [0.1, 0.15) is 0 Å². The van der Waals surface area contributed by atoms with Crippen molar-refractivity contribution in [2.24, 2.45) is 5.73 Å². The fraction of sp³-hybridized carbons (Fsp3) is 0.478. The van der Waals surface area contributed by atoms with Crippen molar-refractivity contribution in [3.8, 4) is 0 Å². The van der Waals surface area contributed by atoms with Crippen molar-refractivity contribution >= 4 is 18.7 Å². The Kier molecular flexibility index (Phi) is 5.92. The summed E-state index contributed by atoms with van der Waals surface area (Å²) >= 11 is 0. The lowest BCUT2D eigenvalue weighted by Crippen LogP contribution is -2.65. The highest BCUT2D eigenvalue weighted by Gasteiger charge is 2.50. The maximum Gasteiger partial charge on any atom is 0.258 e. The number of aliphatic hydroxyl groups is 1. The van der Waals surface area contributed by atoms with E-state index in [4.69, 9.17) is 5.73 Å². The van der Waals surface area contributed by atoms with Gasteiger partial charge >= 0.3 is 0 Å². The third-order valence-corrected chi connectivity index (χ3v) is 11.1. The van der Waals surface area contributed by atoms with E-state index in [-0.39, 0.29) is 11.1 Å². The molecular weight excluding hydrogens is 350 g/mol. The highest BCUT2D eigenvalue weighted by molar-refractivity contribution is 6.98. The van der Waals surface area contributed by atoms with Gasteiger partial charge in [-0.15, -0.1) is 0 Å². The fourth-order valence-electron chi connectivity index (χ4n) is 4.46. The van der Waals surface area contributed by atoms with Gasteiger partial charge in [0, 0.05) is 6.04 Å². The number of rotatable bonds is 6. The smallest absolute Gasteiger partial charge is 0.258 e. The normalized spacial score (nSPS) is 24.0. The average Bonchev–Trinajstić information content (AvgIpc) is 2.70. The summed E-state index contributed by atoms with van der Waals surface area (Å²) in [6, 6.07) is 20.4. The van der Waals surface area contributed by atoms with E-state index in [9.17, 15) is 9.90 Å². The zero-order valence-electron chi connectivity index (χ0n) is 16.6. The molecular formula is C23H33NO2Si. The van der Waals surface area contributed by atoms with Crippen molar-refractivity contribution in [1.82, 2.24) is 0 Å². The molecule has 3 nitrogen and oxygen atoms in total. The third-order valence-electron chi connectivity index (χ3n) is 6.54. The van der Waals surface area contributed by atoms with Gasteiger partial charge in [-0.05, 0) is 53.9 Å². The van der Waals surface area contributed by atoms with Gasteiger partial charge in [0.2, 0.25) is 0 Å². The first kappa shape index (κ1) is 20.3. The molecule has 0 bridgehead atoms. The molecule has 0 aromatic heterocycles. The monoisotopic (exact) mass is 383 g/mol. The molecule has 3 rings (SSSR count). The lowest BCUT2D eigenvalue weighted by molar-refractivity contribution is -0.0118. The number of hydrogen-bond donors (Lipinski definition) is 3. The second kappa shape index (κ2) is 7.88. The molecule has 1 saturated carbocycles. The molecule has 0 spiro atoms. The summed E-state index contributed by atoms with van der Waals surface area (Å²) in [7, 11) is -3.00. The van der Waals surface area contributed by atoms with Gasteiger partial charge in [0.15, 0.2) is 0 Å². The highest BCUT2D eigenvalue weighted by Crippen LogP contribution is 2.43. The maximum atomic E-state index is 12.2. The molecule has 2 aromatic carbocycles. The summed E-state index contributed by atoms with van der Waals surface area (Å²) in [5.41, 5.74) is 5.37. The molecule has 2 aromatic rings. The molecule has 0 unspecified atom stereocenters. The van der Waals surface area contributed by atoms with E-state index >= 15 is 0 Å². The second-order valence-electron chi connectivity index (χ2n) is 8.89. The second-order valence-corrected chi connectivity index (χ2v) is 12.8. The minimum Gasteiger partial charge on any atom is -0.424 e. The Labute approximate surface area is 164 Å². The Morgan fingerprint density at radius 2 is 1.41 bits per heavy atom. The zero-order valence-corrected chi connectivity index (χ0v) is 17.6. The van der Waals surface area contributed by atoms with E-state index in [0.29, 0.717) is 6.42 Å². The van der Waals surface area contributed by atoms with Crippen LogP contribution in [-0.4, -0.2) is 29.9 Å². The molecule has 1 aliphatic rings. The summed E-state index contributed by atoms with van der Waals surface area (Å²) in [5, 5.41) is 12.8. The van der Waals surface area contributed by atoms with Crippen LogP contribution in [0.15, 0.2) is 60.7 Å². The SMILES string of the molecule is CC(C)(CCC1(O)CCC(N)CC1)[Si](O)(c1ccccc1)c1ccccc1. The van der Waals surface area contributed by atoms with Crippen molar-refractivity contribution in [3.05, 3.63) is 60.7 Å². The quantitative estimate of drug-likeness (QED) is 0.672. The van der Waals surface area contributed by atoms with Crippen LogP contribution < -0.4 is 16.1 Å². The lowest BCUT2D eigenvalue weighted by atomic mass is 9.78. The van der Waals surface area contributed by atoms with Gasteiger partial charge in [0.25, 0.3) is 8.32 Å². The van der Waals surface area contributed by atoms with E-state index in [1.807, 2.05) is 36.4 Å². The van der Waals surface area contributed by atoms with Gasteiger partial charge in [0.05, 0.1) is 5.60 Å². The van der Waals surface area contributed by atoms with Crippen LogP contribution in [0.5, 0.6) is 0 Å². The van der Waals surface area contributed by atoms with Crippen LogP contribution in [0, 0.1) is 0 Å². The predicted molar refractivity (Wildman–Crippen MR) is 115 cm³/mol. The molecule has 0 amide bonds. The first-order valence-electron chi connectivity index (χ1n) is 10.1. The predicted octanol–water partition coefficient (Wildman–Crippen LogP) is 2.93. The van der Waals surface area contributed by atoms with E-state index in [1.54, 1.807) is 0 Å². The molecule has 0 aliphatic heterocycles. The fourth-order valence-corrected chi connectivity index (χ4v) is 8.19. The standard InChI is InChI=1S/C23H33NO2Si/c1-22(2,17-18-23(25)15-13-19(24)14-16-23)27(26,20-9-5-3-6-10-20)21-11-7-4-8-12-21/h3-12,19,25-26H,13-18,24H2,1-2H3. The summed E-state index contributed by atoms with van der Waals surface area (Å²) < 4.78 is 0. The Morgan fingerprint density at radius 1 is 0.963 bits per heavy atom. The van der Waals surface area contributed by atoms with E-state index in [1.165, 1.54) is 0 Å². The number of nitrogens with two attached hydrogens (primary N) is 1. The Balaban J connectivity index is 1.89. The van der Waals surface area contributed by atoms with E-state index in [0.717, 1.165) is 42.5 Å². The minimum atomic E-state index is -3.00. The van der Waals surface area contributed by atoms with Crippen LogP contribution >= 0.6 is 0 Å². The van der Waals surface area contributed by atoms with Crippen molar-refractivity contribution in [2.45, 2.75) is 69.1 Å². The van der Waals surface area contributed by atoms with Gasteiger partial charge < -0.3 is 15.6 Å². The van der Waals surface area contributed by atoms with Gasteiger partial charge in [-0.1, -0.05) is 74.5 Å². The van der Waals surface area contributed by atoms with E-state index in [2.05, 4.69) is 38.1 Å². The van der Waals surface area contributed by atoms with Crippen molar-refractivity contribution in [2.75, 3.05) is 0 Å². The molecule has 4 heteroatoms. The summed E-state index contributed by atoms with van der Waals surface area (Å²) in [5.74, 6) is 0. The lowest BCUT2D eigenvalue weighted by Gasteiger charge is -2.44. The third kappa shape index (κ3) is 4.19. The Bertz CT molecular complexity index is 685. The van der Waals surface area contributed by atoms with Crippen molar-refractivity contribution in [3.63, 3.8) is 0 Å². The summed E-state index contributed by atoms with van der Waals surface area (Å²) in [6.45, 7) is 4.33. The first-order valence-corrected chi connectivity index (χ1v) is 12.0. The number of hydrogen-bond acceptors (Lipinski definition) is 3. The van der Waals surface area contributed by atoms with Crippen molar-refractivity contribution < 1.29 is 9.90 Å². The Morgan fingerprint density at radius 3 is 1.85 bits per heavy atom. The molecule has 1 fully saturated rings. The van der Waals surface area contributed by atoms with Gasteiger partial charge in [-0.25, -0.2) is 0 Å². The highest BCUT2D eigenvalue weighted by atomic mass is 28.4. The average molecular weight is 384 g/mol. The van der Waals surface area contributed by atoms with Crippen LogP contribution in [0.1, 0.15) is 52.4 Å². The molecule has 146 valence electrons. The van der Waals surface area contributed by atoms with E-state index < -0.39 is 13.9 Å². The minimum absolute atomic E-state index is 0.221. The first-order chi connectivity index (χ1) is 12.8. The van der Waals surface area contributed by atoms with Gasteiger partial charge in [-0.3, -0.25) is 0 Å². The molecule has 4 N–H and O–H groups in total. The number of benzene rings is 2. The topological polar surface area (TPSA) is 66.5 Å². The zero-order chi connectivity index (χ0) is 19.5. The molecule has 0 radical (unpaired) electrons. The molecule has 0 saturated heterocycles. The van der Waals surface area contributed by atoms with Crippen LogP contribution in [0.4, 0.5) is 0 Å². The van der Waals surface area contributed by atoms with Crippen molar-refractivity contribution in [1.29, 1.82) is 0 Å². The van der Waals surface area contributed by atoms with Crippen LogP contribution in [-0.2, 0) is 0 Å². The van der Waals surface area contributed by atoms with Crippen LogP contribution in [0.3, 0.4) is 0 Å². The van der Waals surface area contributed by atoms with Crippen LogP contribution in [0.2, 0.25) is 5.04 Å².